The van der Waals surface area contributed by atoms with Gasteiger partial charge in [0.2, 0.25) is 10.0 Å². The van der Waals surface area contributed by atoms with E-state index in [1.165, 1.54) is 44.3 Å². The highest BCUT2D eigenvalue weighted by molar-refractivity contribution is 7.89. The molecule has 0 aliphatic carbocycles. The molecule has 0 atom stereocenters. The molecular weight excluding hydrogens is 346 g/mol. The molecule has 2 rings (SSSR count). The number of hydrogen-bond donors (Lipinski definition) is 0. The van der Waals surface area contributed by atoms with Crippen molar-refractivity contribution in [3.63, 3.8) is 0 Å². The molecule has 8 nitrogen and oxygen atoms in total. The lowest BCUT2D eigenvalue weighted by atomic mass is 10.2. The van der Waals surface area contributed by atoms with Crippen LogP contribution in [0, 0.1) is 6.92 Å². The van der Waals surface area contributed by atoms with E-state index in [0.717, 1.165) is 4.31 Å². The predicted molar refractivity (Wildman–Crippen MR) is 90.9 cm³/mol. The van der Waals surface area contributed by atoms with Crippen LogP contribution in [0.1, 0.15) is 21.8 Å². The Labute approximate surface area is 147 Å². The maximum absolute atomic E-state index is 12.6. The average molecular weight is 367 g/mol. The molecule has 1 heterocycles. The van der Waals surface area contributed by atoms with Gasteiger partial charge in [0.25, 0.3) is 5.91 Å². The van der Waals surface area contributed by atoms with Gasteiger partial charge in [-0.3, -0.25) is 4.79 Å². The highest BCUT2D eigenvalue weighted by Gasteiger charge is 2.25. The number of hydrogen-bond acceptors (Lipinski definition) is 6. The van der Waals surface area contributed by atoms with E-state index >= 15 is 0 Å². The summed E-state index contributed by atoms with van der Waals surface area (Å²) < 4.78 is 36.1. The molecule has 0 fully saturated rings. The quantitative estimate of drug-likeness (QED) is 0.768. The zero-order chi connectivity index (χ0) is 18.8. The van der Waals surface area contributed by atoms with Gasteiger partial charge < -0.3 is 14.2 Å². The van der Waals surface area contributed by atoms with Gasteiger partial charge in [-0.05, 0) is 25.1 Å². The van der Waals surface area contributed by atoms with Gasteiger partial charge in [-0.25, -0.2) is 12.7 Å². The van der Waals surface area contributed by atoms with E-state index in [-0.39, 0.29) is 28.7 Å². The van der Waals surface area contributed by atoms with Crippen molar-refractivity contribution in [1.29, 1.82) is 0 Å². The summed E-state index contributed by atoms with van der Waals surface area (Å²) in [6, 6.07) is 6.05. The van der Waals surface area contributed by atoms with Crippen LogP contribution in [0.3, 0.4) is 0 Å². The molecule has 0 bridgehead atoms. The van der Waals surface area contributed by atoms with Crippen LogP contribution < -0.4 is 4.74 Å². The fourth-order valence-corrected chi connectivity index (χ4v) is 3.31. The molecule has 0 unspecified atom stereocenters. The van der Waals surface area contributed by atoms with Crippen molar-refractivity contribution in [2.45, 2.75) is 18.4 Å². The van der Waals surface area contributed by atoms with E-state index in [9.17, 15) is 13.2 Å². The smallest absolute Gasteiger partial charge is 0.253 e. The molecule has 2 aromatic rings. The molecule has 1 amide bonds. The molecule has 0 aliphatic heterocycles. The number of rotatable bonds is 6. The van der Waals surface area contributed by atoms with Crippen molar-refractivity contribution in [2.75, 3.05) is 28.3 Å². The molecule has 9 heteroatoms. The molecule has 0 radical (unpaired) electrons. The maximum Gasteiger partial charge on any atom is 0.253 e. The van der Waals surface area contributed by atoms with E-state index < -0.39 is 10.0 Å². The first kappa shape index (κ1) is 18.9. The second-order valence-corrected chi connectivity index (χ2v) is 7.86. The average Bonchev–Trinajstić information content (AvgIpc) is 2.98. The number of methoxy groups -OCH3 is 1. The van der Waals surface area contributed by atoms with Crippen LogP contribution in [0.5, 0.6) is 5.75 Å². The molecule has 1 aromatic heterocycles. The molecule has 0 spiro atoms. The Morgan fingerprint density at radius 1 is 1.24 bits per heavy atom. The summed E-state index contributed by atoms with van der Waals surface area (Å²) in [5.41, 5.74) is 0.854. The summed E-state index contributed by atoms with van der Waals surface area (Å²) in [4.78, 5) is 14.0. The van der Waals surface area contributed by atoms with Crippen molar-refractivity contribution in [2.24, 2.45) is 0 Å². The van der Waals surface area contributed by atoms with Crippen LogP contribution in [0.25, 0.3) is 0 Å². The Bertz CT molecular complexity index is 874. The Kier molecular flexibility index (Phi) is 5.48. The zero-order valence-corrected chi connectivity index (χ0v) is 15.6. The van der Waals surface area contributed by atoms with Gasteiger partial charge >= 0.3 is 0 Å². The minimum atomic E-state index is -3.75. The first-order valence-electron chi connectivity index (χ1n) is 7.45. The van der Waals surface area contributed by atoms with Gasteiger partial charge in [0, 0.05) is 32.8 Å². The normalized spacial score (nSPS) is 11.6. The highest BCUT2D eigenvalue weighted by atomic mass is 32.2. The fraction of sp³-hybridized carbons (Fsp3) is 0.375. The van der Waals surface area contributed by atoms with E-state index in [4.69, 9.17) is 9.26 Å². The fourth-order valence-electron chi connectivity index (χ4n) is 2.24. The largest absolute Gasteiger partial charge is 0.495 e. The van der Waals surface area contributed by atoms with Crippen LogP contribution in [0.15, 0.2) is 33.7 Å². The number of ether oxygens (including phenoxy) is 1. The number of benzene rings is 1. The monoisotopic (exact) mass is 367 g/mol. The van der Waals surface area contributed by atoms with Crippen molar-refractivity contribution in [3.8, 4) is 5.75 Å². The first-order valence-corrected chi connectivity index (χ1v) is 8.89. The molecule has 136 valence electrons. The minimum Gasteiger partial charge on any atom is -0.495 e. The number of amides is 1. The lowest BCUT2D eigenvalue weighted by Crippen LogP contribution is -2.27. The van der Waals surface area contributed by atoms with Gasteiger partial charge in [0.15, 0.2) is 0 Å². The Morgan fingerprint density at radius 2 is 1.92 bits per heavy atom. The molecule has 25 heavy (non-hydrogen) atoms. The Hall–Kier alpha value is -2.39. The molecule has 0 saturated heterocycles. The van der Waals surface area contributed by atoms with Gasteiger partial charge in [-0.1, -0.05) is 5.16 Å². The minimum absolute atomic E-state index is 0.0588. The van der Waals surface area contributed by atoms with Crippen molar-refractivity contribution in [1.82, 2.24) is 14.4 Å². The predicted octanol–water partition coefficient (Wildman–Crippen LogP) is 1.51. The summed E-state index contributed by atoms with van der Waals surface area (Å²) in [6.45, 7) is 2.01. The lowest BCUT2D eigenvalue weighted by Gasteiger charge is -2.18. The van der Waals surface area contributed by atoms with Crippen LogP contribution in [-0.2, 0) is 16.6 Å². The SMILES string of the molecule is COc1ccc(C(=O)N(C)Cc2cc(C)on2)cc1S(=O)(=O)N(C)C. The van der Waals surface area contributed by atoms with Crippen LogP contribution in [0.4, 0.5) is 0 Å². The molecule has 0 N–H and O–H groups in total. The third-order valence-electron chi connectivity index (χ3n) is 3.59. The summed E-state index contributed by atoms with van der Waals surface area (Å²) in [6.07, 6.45) is 0. The Morgan fingerprint density at radius 3 is 2.44 bits per heavy atom. The van der Waals surface area contributed by atoms with E-state index in [1.54, 1.807) is 20.0 Å². The number of carbonyl (C=O) groups is 1. The maximum atomic E-state index is 12.6. The van der Waals surface area contributed by atoms with Crippen LogP contribution in [0.2, 0.25) is 0 Å². The van der Waals surface area contributed by atoms with E-state index in [0.29, 0.717) is 11.5 Å². The third kappa shape index (κ3) is 3.99. The third-order valence-corrected chi connectivity index (χ3v) is 5.43. The van der Waals surface area contributed by atoms with Gasteiger partial charge in [0.05, 0.1) is 13.7 Å². The topological polar surface area (TPSA) is 93.0 Å². The lowest BCUT2D eigenvalue weighted by molar-refractivity contribution is 0.0782. The molecular formula is C16H21N3O5S. The van der Waals surface area contributed by atoms with Crippen molar-refractivity contribution in [3.05, 3.63) is 41.3 Å². The van der Waals surface area contributed by atoms with Crippen LogP contribution in [-0.4, -0.2) is 56.9 Å². The molecule has 0 saturated carbocycles. The molecule has 0 aliphatic rings. The number of nitrogens with zero attached hydrogens (tertiary/aromatic N) is 3. The van der Waals surface area contributed by atoms with Gasteiger partial charge in [0.1, 0.15) is 22.1 Å². The van der Waals surface area contributed by atoms with E-state index in [1.807, 2.05) is 0 Å². The number of sulfonamides is 1. The second kappa shape index (κ2) is 7.24. The number of carbonyl (C=O) groups excluding carboxylic acids is 1. The van der Waals surface area contributed by atoms with Gasteiger partial charge in [-0.15, -0.1) is 0 Å². The first-order chi connectivity index (χ1) is 11.7. The molecule has 1 aromatic carbocycles. The van der Waals surface area contributed by atoms with Gasteiger partial charge in [-0.2, -0.15) is 0 Å². The second-order valence-electron chi connectivity index (χ2n) is 5.74. The number of aryl methyl sites for hydroxylation is 1. The summed E-state index contributed by atoms with van der Waals surface area (Å²) in [5, 5.41) is 3.85. The van der Waals surface area contributed by atoms with Crippen LogP contribution >= 0.6 is 0 Å². The van der Waals surface area contributed by atoms with Crippen molar-refractivity contribution < 1.29 is 22.5 Å². The number of aromatic nitrogens is 1. The summed E-state index contributed by atoms with van der Waals surface area (Å²) in [5.74, 6) is 0.498. The Balaban J connectivity index is 2.34. The zero-order valence-electron chi connectivity index (χ0n) is 14.8. The van der Waals surface area contributed by atoms with Crippen molar-refractivity contribution >= 4 is 15.9 Å². The summed E-state index contributed by atoms with van der Waals surface area (Å²) >= 11 is 0. The summed E-state index contributed by atoms with van der Waals surface area (Å²) in [7, 11) is 2.08. The standard InChI is InChI=1S/C16H21N3O5S/c1-11-8-13(17-24-11)10-19(4)16(20)12-6-7-14(23-5)15(9-12)25(21,22)18(2)3/h6-9H,10H2,1-5H3. The van der Waals surface area contributed by atoms with E-state index in [2.05, 4.69) is 5.16 Å². The highest BCUT2D eigenvalue weighted by Crippen LogP contribution is 2.27.